The maximum absolute atomic E-state index is 5.63. The van der Waals surface area contributed by atoms with Crippen LogP contribution in [0, 0.1) is 0 Å². The SMILES string of the molecule is IC1(COc2ccccc2)COC1. The van der Waals surface area contributed by atoms with E-state index in [1.807, 2.05) is 30.3 Å². The summed E-state index contributed by atoms with van der Waals surface area (Å²) in [7, 11) is 0. The molecule has 1 aliphatic heterocycles. The summed E-state index contributed by atoms with van der Waals surface area (Å²) >= 11 is 2.40. The van der Waals surface area contributed by atoms with E-state index in [1.165, 1.54) is 0 Å². The van der Waals surface area contributed by atoms with Gasteiger partial charge in [0, 0.05) is 0 Å². The first-order chi connectivity index (χ1) is 6.29. The molecule has 70 valence electrons. The van der Waals surface area contributed by atoms with Crippen LogP contribution in [0.15, 0.2) is 30.3 Å². The minimum atomic E-state index is 0.202. The van der Waals surface area contributed by atoms with Gasteiger partial charge in [-0.3, -0.25) is 0 Å². The van der Waals surface area contributed by atoms with E-state index in [0.717, 1.165) is 25.6 Å². The molecule has 13 heavy (non-hydrogen) atoms. The first-order valence-electron chi connectivity index (χ1n) is 4.23. The molecule has 1 aromatic carbocycles. The lowest BCUT2D eigenvalue weighted by Crippen LogP contribution is -2.48. The molecule has 0 spiro atoms. The third-order valence-corrected chi connectivity index (χ3v) is 2.90. The number of alkyl halides is 1. The van der Waals surface area contributed by atoms with Gasteiger partial charge in [-0.1, -0.05) is 40.8 Å². The van der Waals surface area contributed by atoms with Crippen LogP contribution in [0.4, 0.5) is 0 Å². The van der Waals surface area contributed by atoms with Crippen molar-refractivity contribution in [1.29, 1.82) is 0 Å². The molecule has 3 heteroatoms. The van der Waals surface area contributed by atoms with E-state index in [1.54, 1.807) is 0 Å². The molecule has 0 N–H and O–H groups in total. The van der Waals surface area contributed by atoms with Crippen LogP contribution in [0.3, 0.4) is 0 Å². The third kappa shape index (κ3) is 2.34. The van der Waals surface area contributed by atoms with Crippen molar-refractivity contribution in [2.75, 3.05) is 19.8 Å². The van der Waals surface area contributed by atoms with E-state index in [4.69, 9.17) is 9.47 Å². The van der Waals surface area contributed by atoms with Crippen molar-refractivity contribution in [2.24, 2.45) is 0 Å². The fraction of sp³-hybridized carbons (Fsp3) is 0.400. The van der Waals surface area contributed by atoms with E-state index < -0.39 is 0 Å². The van der Waals surface area contributed by atoms with Crippen LogP contribution in [0.5, 0.6) is 5.75 Å². The molecule has 0 aromatic heterocycles. The standard InChI is InChI=1S/C10H11IO2/c11-10(6-12-7-10)8-13-9-4-2-1-3-5-9/h1-5H,6-8H2. The lowest BCUT2D eigenvalue weighted by molar-refractivity contribution is -0.0182. The zero-order valence-electron chi connectivity index (χ0n) is 7.20. The summed E-state index contributed by atoms with van der Waals surface area (Å²) in [6, 6.07) is 9.89. The maximum Gasteiger partial charge on any atom is 0.119 e. The van der Waals surface area contributed by atoms with Crippen LogP contribution >= 0.6 is 22.6 Å². The molecule has 1 aliphatic rings. The van der Waals surface area contributed by atoms with E-state index >= 15 is 0 Å². The highest BCUT2D eigenvalue weighted by atomic mass is 127. The number of benzene rings is 1. The van der Waals surface area contributed by atoms with Crippen LogP contribution < -0.4 is 4.74 Å². The highest BCUT2D eigenvalue weighted by molar-refractivity contribution is 14.1. The molecule has 0 amide bonds. The predicted octanol–water partition coefficient (Wildman–Crippen LogP) is 2.27. The quantitative estimate of drug-likeness (QED) is 0.628. The fourth-order valence-electron chi connectivity index (χ4n) is 1.14. The summed E-state index contributed by atoms with van der Waals surface area (Å²) in [6.45, 7) is 2.35. The van der Waals surface area contributed by atoms with Crippen molar-refractivity contribution in [2.45, 2.75) is 3.42 Å². The summed E-state index contributed by atoms with van der Waals surface area (Å²) in [5, 5.41) is 0. The number of ether oxygens (including phenoxy) is 2. The van der Waals surface area contributed by atoms with Gasteiger partial charge in [-0.15, -0.1) is 0 Å². The highest BCUT2D eigenvalue weighted by Crippen LogP contribution is 2.28. The molecule has 2 rings (SSSR count). The Balaban J connectivity index is 1.86. The largest absolute Gasteiger partial charge is 0.492 e. The molecule has 1 fully saturated rings. The summed E-state index contributed by atoms with van der Waals surface area (Å²) in [5.41, 5.74) is 0. The Bertz CT molecular complexity index is 270. The molecule has 2 nitrogen and oxygen atoms in total. The van der Waals surface area contributed by atoms with Gasteiger partial charge in [-0.25, -0.2) is 0 Å². The average molecular weight is 290 g/mol. The van der Waals surface area contributed by atoms with Gasteiger partial charge in [-0.2, -0.15) is 0 Å². The van der Waals surface area contributed by atoms with E-state index in [0.29, 0.717) is 0 Å². The fourth-order valence-corrected chi connectivity index (χ4v) is 1.73. The van der Waals surface area contributed by atoms with Crippen molar-refractivity contribution >= 4 is 22.6 Å². The Morgan fingerprint density at radius 1 is 1.31 bits per heavy atom. The van der Waals surface area contributed by atoms with Gasteiger partial charge in [0.05, 0.1) is 13.2 Å². The van der Waals surface area contributed by atoms with Crippen LogP contribution in [0.1, 0.15) is 0 Å². The first-order valence-corrected chi connectivity index (χ1v) is 5.31. The highest BCUT2D eigenvalue weighted by Gasteiger charge is 2.36. The Morgan fingerprint density at radius 2 is 2.00 bits per heavy atom. The van der Waals surface area contributed by atoms with Crippen LogP contribution in [0.2, 0.25) is 0 Å². The smallest absolute Gasteiger partial charge is 0.119 e. The minimum Gasteiger partial charge on any atom is -0.492 e. The number of halogens is 1. The van der Waals surface area contributed by atoms with Gasteiger partial charge >= 0.3 is 0 Å². The Morgan fingerprint density at radius 3 is 2.54 bits per heavy atom. The van der Waals surface area contributed by atoms with Gasteiger partial charge in [0.15, 0.2) is 0 Å². The molecule has 0 saturated carbocycles. The van der Waals surface area contributed by atoms with Crippen molar-refractivity contribution in [1.82, 2.24) is 0 Å². The van der Waals surface area contributed by atoms with Crippen LogP contribution in [-0.2, 0) is 4.74 Å². The molecule has 0 bridgehead atoms. The summed E-state index contributed by atoms with van der Waals surface area (Å²) in [4.78, 5) is 0. The third-order valence-electron chi connectivity index (χ3n) is 1.96. The lowest BCUT2D eigenvalue weighted by atomic mass is 10.1. The molecule has 0 radical (unpaired) electrons. The second kappa shape index (κ2) is 3.84. The van der Waals surface area contributed by atoms with Crippen molar-refractivity contribution in [3.8, 4) is 5.75 Å². The Kier molecular flexibility index (Phi) is 2.74. The molecule has 0 atom stereocenters. The van der Waals surface area contributed by atoms with Gasteiger partial charge < -0.3 is 9.47 Å². The van der Waals surface area contributed by atoms with E-state index in [9.17, 15) is 0 Å². The Labute approximate surface area is 91.4 Å². The van der Waals surface area contributed by atoms with Gasteiger partial charge in [0.1, 0.15) is 15.8 Å². The van der Waals surface area contributed by atoms with Crippen LogP contribution in [0.25, 0.3) is 0 Å². The molecular weight excluding hydrogens is 279 g/mol. The van der Waals surface area contributed by atoms with E-state index in [2.05, 4.69) is 22.6 Å². The molecule has 1 heterocycles. The topological polar surface area (TPSA) is 18.5 Å². The predicted molar refractivity (Wildman–Crippen MR) is 59.5 cm³/mol. The lowest BCUT2D eigenvalue weighted by Gasteiger charge is -2.35. The first kappa shape index (κ1) is 9.27. The zero-order valence-corrected chi connectivity index (χ0v) is 9.36. The molecule has 1 saturated heterocycles. The second-order valence-electron chi connectivity index (χ2n) is 3.25. The van der Waals surface area contributed by atoms with E-state index in [-0.39, 0.29) is 3.42 Å². The van der Waals surface area contributed by atoms with Gasteiger partial charge in [0.2, 0.25) is 0 Å². The maximum atomic E-state index is 5.63. The summed E-state index contributed by atoms with van der Waals surface area (Å²) in [6.07, 6.45) is 0. The van der Waals surface area contributed by atoms with Crippen molar-refractivity contribution < 1.29 is 9.47 Å². The van der Waals surface area contributed by atoms with Crippen LogP contribution in [-0.4, -0.2) is 23.2 Å². The number of rotatable bonds is 3. The number of para-hydroxylation sites is 1. The molecular formula is C10H11IO2. The van der Waals surface area contributed by atoms with Gasteiger partial charge in [-0.05, 0) is 12.1 Å². The van der Waals surface area contributed by atoms with Crippen molar-refractivity contribution in [3.05, 3.63) is 30.3 Å². The minimum absolute atomic E-state index is 0.202. The number of hydrogen-bond donors (Lipinski definition) is 0. The Hall–Kier alpha value is -0.290. The summed E-state index contributed by atoms with van der Waals surface area (Å²) < 4.78 is 11.0. The monoisotopic (exact) mass is 290 g/mol. The zero-order chi connectivity index (χ0) is 9.15. The van der Waals surface area contributed by atoms with Crippen molar-refractivity contribution in [3.63, 3.8) is 0 Å². The second-order valence-corrected chi connectivity index (χ2v) is 5.53. The summed E-state index contributed by atoms with van der Waals surface area (Å²) in [5.74, 6) is 0.936. The number of hydrogen-bond acceptors (Lipinski definition) is 2. The normalized spacial score (nSPS) is 19.2. The average Bonchev–Trinajstić information content (AvgIpc) is 2.13. The molecule has 1 aromatic rings. The molecule has 0 aliphatic carbocycles. The van der Waals surface area contributed by atoms with Gasteiger partial charge in [0.25, 0.3) is 0 Å². The molecule has 0 unspecified atom stereocenters.